The predicted molar refractivity (Wildman–Crippen MR) is 74.2 cm³/mol. The highest BCUT2D eigenvalue weighted by Gasteiger charge is 2.31. The normalized spacial score (nSPS) is 23.5. The van der Waals surface area contributed by atoms with Crippen molar-refractivity contribution >= 4 is 17.1 Å². The van der Waals surface area contributed by atoms with Crippen molar-refractivity contribution in [2.75, 3.05) is 41.9 Å². The van der Waals surface area contributed by atoms with Gasteiger partial charge in [0.1, 0.15) is 0 Å². The monoisotopic (exact) mass is 231 g/mol. The third-order valence-electron chi connectivity index (χ3n) is 4.29. The number of fused-ring (bicyclic) bond motifs is 1. The highest BCUT2D eigenvalue weighted by Crippen LogP contribution is 2.44. The molecule has 17 heavy (non-hydrogen) atoms. The van der Waals surface area contributed by atoms with Gasteiger partial charge in [0.05, 0.1) is 23.2 Å². The molecule has 2 heterocycles. The van der Waals surface area contributed by atoms with Crippen LogP contribution < -0.4 is 14.7 Å². The molecule has 0 aliphatic carbocycles. The number of anilines is 3. The van der Waals surface area contributed by atoms with Crippen molar-refractivity contribution in [3.63, 3.8) is 0 Å². The maximum absolute atomic E-state index is 2.53. The summed E-state index contributed by atoms with van der Waals surface area (Å²) in [6.45, 7) is 4.68. The quantitative estimate of drug-likeness (QED) is 0.735. The Morgan fingerprint density at radius 3 is 2.35 bits per heavy atom. The first-order valence-electron chi connectivity index (χ1n) is 6.54. The van der Waals surface area contributed by atoms with E-state index in [1.54, 1.807) is 0 Å². The van der Waals surface area contributed by atoms with Crippen molar-refractivity contribution in [3.8, 4) is 0 Å². The van der Waals surface area contributed by atoms with Crippen LogP contribution in [0.2, 0.25) is 0 Å². The summed E-state index contributed by atoms with van der Waals surface area (Å²) in [5.41, 5.74) is 4.19. The third kappa shape index (κ3) is 1.48. The van der Waals surface area contributed by atoms with E-state index in [0.717, 1.165) is 0 Å². The van der Waals surface area contributed by atoms with Gasteiger partial charge in [0.15, 0.2) is 0 Å². The fourth-order valence-corrected chi connectivity index (χ4v) is 3.03. The summed E-state index contributed by atoms with van der Waals surface area (Å²) >= 11 is 0. The van der Waals surface area contributed by atoms with Crippen LogP contribution in [0.5, 0.6) is 0 Å². The Labute approximate surface area is 104 Å². The van der Waals surface area contributed by atoms with E-state index in [4.69, 9.17) is 0 Å². The molecule has 1 fully saturated rings. The van der Waals surface area contributed by atoms with E-state index in [1.165, 1.54) is 43.0 Å². The van der Waals surface area contributed by atoms with E-state index >= 15 is 0 Å². The molecule has 3 heteroatoms. The number of para-hydroxylation sites is 1. The van der Waals surface area contributed by atoms with Gasteiger partial charge in [-0.3, -0.25) is 0 Å². The lowest BCUT2D eigenvalue weighted by molar-refractivity contribution is 0.709. The average molecular weight is 231 g/mol. The number of hydrogen-bond donors (Lipinski definition) is 0. The van der Waals surface area contributed by atoms with Gasteiger partial charge in [0, 0.05) is 27.2 Å². The summed E-state index contributed by atoms with van der Waals surface area (Å²) in [6.07, 6.45) is 3.12. The molecule has 0 amide bonds. The van der Waals surface area contributed by atoms with Gasteiger partial charge in [0.25, 0.3) is 0 Å². The molecule has 0 aromatic heterocycles. The van der Waals surface area contributed by atoms with E-state index in [2.05, 4.69) is 53.9 Å². The fraction of sp³-hybridized carbons (Fsp3) is 0.571. The molecule has 0 N–H and O–H groups in total. The second-order valence-corrected chi connectivity index (χ2v) is 5.19. The molecular formula is C14H21N3. The van der Waals surface area contributed by atoms with Crippen molar-refractivity contribution in [1.82, 2.24) is 0 Å². The van der Waals surface area contributed by atoms with Gasteiger partial charge in [-0.1, -0.05) is 6.07 Å². The number of nitrogens with zero attached hydrogens (tertiary/aromatic N) is 3. The van der Waals surface area contributed by atoms with E-state index in [0.29, 0.717) is 6.17 Å². The van der Waals surface area contributed by atoms with Crippen LogP contribution in [0.15, 0.2) is 18.2 Å². The first-order valence-corrected chi connectivity index (χ1v) is 6.54. The van der Waals surface area contributed by atoms with Crippen LogP contribution in [-0.2, 0) is 0 Å². The van der Waals surface area contributed by atoms with Crippen LogP contribution in [0, 0.1) is 0 Å². The summed E-state index contributed by atoms with van der Waals surface area (Å²) in [5, 5.41) is 0. The molecule has 0 spiro atoms. The lowest BCUT2D eigenvalue weighted by Gasteiger charge is -2.26. The molecule has 1 saturated heterocycles. The molecule has 1 aromatic carbocycles. The van der Waals surface area contributed by atoms with E-state index < -0.39 is 0 Å². The second-order valence-electron chi connectivity index (χ2n) is 5.19. The summed E-state index contributed by atoms with van der Waals surface area (Å²) in [5.74, 6) is 0. The Bertz CT molecular complexity index is 423. The summed E-state index contributed by atoms with van der Waals surface area (Å²) in [4.78, 5) is 7.28. The molecule has 1 unspecified atom stereocenters. The van der Waals surface area contributed by atoms with Crippen LogP contribution in [-0.4, -0.2) is 33.4 Å². The average Bonchev–Trinajstić information content (AvgIpc) is 2.94. The standard InChI is InChI=1S/C14H21N3/c1-11-15(2)12-7-6-8-13(14(12)16(11)3)17-9-4-5-10-17/h6-8,11H,4-5,9-10H2,1-3H3. The number of hydrogen-bond acceptors (Lipinski definition) is 3. The first kappa shape index (κ1) is 10.8. The summed E-state index contributed by atoms with van der Waals surface area (Å²) in [6, 6.07) is 6.69. The number of benzene rings is 1. The zero-order chi connectivity index (χ0) is 12.0. The summed E-state index contributed by atoms with van der Waals surface area (Å²) in [7, 11) is 4.38. The predicted octanol–water partition coefficient (Wildman–Crippen LogP) is 2.52. The Kier molecular flexibility index (Phi) is 2.42. The van der Waals surface area contributed by atoms with Gasteiger partial charge in [-0.2, -0.15) is 0 Å². The lowest BCUT2D eigenvalue weighted by Crippen LogP contribution is -2.36. The third-order valence-corrected chi connectivity index (χ3v) is 4.29. The second kappa shape index (κ2) is 3.83. The molecule has 0 radical (unpaired) electrons. The van der Waals surface area contributed by atoms with Gasteiger partial charge in [-0.15, -0.1) is 0 Å². The molecule has 0 saturated carbocycles. The van der Waals surface area contributed by atoms with Gasteiger partial charge in [0.2, 0.25) is 0 Å². The molecule has 2 aliphatic heterocycles. The molecule has 1 atom stereocenters. The fourth-order valence-electron chi connectivity index (χ4n) is 3.03. The highest BCUT2D eigenvalue weighted by molar-refractivity contribution is 5.88. The minimum Gasteiger partial charge on any atom is -0.370 e. The SMILES string of the molecule is CC1N(C)c2cccc(N3CCCC3)c2N1C. The number of rotatable bonds is 1. The van der Waals surface area contributed by atoms with Gasteiger partial charge < -0.3 is 14.7 Å². The van der Waals surface area contributed by atoms with Gasteiger partial charge >= 0.3 is 0 Å². The Hall–Kier alpha value is -1.38. The Balaban J connectivity index is 2.07. The minimum atomic E-state index is 0.453. The van der Waals surface area contributed by atoms with Crippen molar-refractivity contribution in [2.24, 2.45) is 0 Å². The topological polar surface area (TPSA) is 9.72 Å². The minimum absolute atomic E-state index is 0.453. The van der Waals surface area contributed by atoms with E-state index in [9.17, 15) is 0 Å². The molecule has 1 aromatic rings. The van der Waals surface area contributed by atoms with Gasteiger partial charge in [-0.05, 0) is 31.9 Å². The highest BCUT2D eigenvalue weighted by atomic mass is 15.4. The van der Waals surface area contributed by atoms with Crippen LogP contribution in [0.4, 0.5) is 17.1 Å². The smallest absolute Gasteiger partial charge is 0.0983 e. The van der Waals surface area contributed by atoms with Crippen LogP contribution in [0.3, 0.4) is 0 Å². The van der Waals surface area contributed by atoms with Crippen molar-refractivity contribution in [3.05, 3.63) is 18.2 Å². The first-order chi connectivity index (χ1) is 8.20. The lowest BCUT2D eigenvalue weighted by atomic mass is 10.2. The van der Waals surface area contributed by atoms with Crippen LogP contribution >= 0.6 is 0 Å². The largest absolute Gasteiger partial charge is 0.370 e. The molecular weight excluding hydrogens is 210 g/mol. The van der Waals surface area contributed by atoms with Crippen molar-refractivity contribution in [2.45, 2.75) is 25.9 Å². The summed E-state index contributed by atoms with van der Waals surface area (Å²) < 4.78 is 0. The molecule has 3 nitrogen and oxygen atoms in total. The Morgan fingerprint density at radius 2 is 1.65 bits per heavy atom. The van der Waals surface area contributed by atoms with E-state index in [1.807, 2.05) is 0 Å². The molecule has 92 valence electrons. The van der Waals surface area contributed by atoms with Crippen molar-refractivity contribution in [1.29, 1.82) is 0 Å². The van der Waals surface area contributed by atoms with Gasteiger partial charge in [-0.25, -0.2) is 0 Å². The molecule has 2 aliphatic rings. The van der Waals surface area contributed by atoms with E-state index in [-0.39, 0.29) is 0 Å². The van der Waals surface area contributed by atoms with Crippen LogP contribution in [0.1, 0.15) is 19.8 Å². The zero-order valence-electron chi connectivity index (χ0n) is 11.0. The molecule has 0 bridgehead atoms. The maximum Gasteiger partial charge on any atom is 0.0983 e. The Morgan fingerprint density at radius 1 is 1.00 bits per heavy atom. The molecule has 3 rings (SSSR count). The zero-order valence-corrected chi connectivity index (χ0v) is 11.0. The van der Waals surface area contributed by atoms with Crippen molar-refractivity contribution < 1.29 is 0 Å². The van der Waals surface area contributed by atoms with Crippen LogP contribution in [0.25, 0.3) is 0 Å². The maximum atomic E-state index is 2.53.